The molecule has 148 valence electrons. The van der Waals surface area contributed by atoms with E-state index in [0.717, 1.165) is 0 Å². The molecule has 0 bridgehead atoms. The molecule has 2 atom stereocenters. The first-order valence-corrected chi connectivity index (χ1v) is 8.53. The third-order valence-corrected chi connectivity index (χ3v) is 4.19. The molecular weight excluding hydrogens is 348 g/mol. The predicted molar refractivity (Wildman–Crippen MR) is 87.6 cm³/mol. The fourth-order valence-corrected chi connectivity index (χ4v) is 2.52. The smallest absolute Gasteiger partial charge is 0.331 e. The van der Waals surface area contributed by atoms with Gasteiger partial charge in [0.2, 0.25) is 11.8 Å². The van der Waals surface area contributed by atoms with E-state index in [1.165, 1.54) is 0 Å². The van der Waals surface area contributed by atoms with Crippen LogP contribution in [0.3, 0.4) is 0 Å². The summed E-state index contributed by atoms with van der Waals surface area (Å²) in [5.41, 5.74) is -1.47. The molecule has 0 heterocycles. The number of ether oxygens (including phenoxy) is 2. The van der Waals surface area contributed by atoms with E-state index in [4.69, 9.17) is 9.47 Å². The minimum atomic E-state index is -1.47. The molecule has 1 aliphatic rings. The van der Waals surface area contributed by atoms with Crippen molar-refractivity contribution in [2.24, 2.45) is 5.41 Å². The highest BCUT2D eigenvalue weighted by atomic mass is 16.5. The SMILES string of the molecule is CCOC(=O)[C@@H](CO)NC(=O)C1(C(=O)N[C@H](CO)C(=O)OCC)CCC1. The number of aliphatic hydroxyl groups is 2. The van der Waals surface area contributed by atoms with Crippen LogP contribution in [0.15, 0.2) is 0 Å². The zero-order valence-corrected chi connectivity index (χ0v) is 14.9. The van der Waals surface area contributed by atoms with Crippen LogP contribution >= 0.6 is 0 Å². The highest BCUT2D eigenvalue weighted by Crippen LogP contribution is 2.41. The van der Waals surface area contributed by atoms with Crippen LogP contribution < -0.4 is 10.6 Å². The summed E-state index contributed by atoms with van der Waals surface area (Å²) >= 11 is 0. The number of hydrogen-bond donors (Lipinski definition) is 4. The molecule has 0 aromatic rings. The lowest BCUT2D eigenvalue weighted by molar-refractivity contribution is -0.158. The standard InChI is InChI=1S/C16H26N2O8/c1-3-25-12(21)10(8-19)17-14(23)16(6-5-7-16)15(24)18-11(9-20)13(22)26-4-2/h10-11,19-20H,3-9H2,1-2H3,(H,17,23)(H,18,24)/t10-,11-/m1/s1. The highest BCUT2D eigenvalue weighted by molar-refractivity contribution is 6.07. The molecule has 10 heteroatoms. The largest absolute Gasteiger partial charge is 0.464 e. The molecule has 1 saturated carbocycles. The van der Waals surface area contributed by atoms with Crippen LogP contribution in [-0.2, 0) is 28.7 Å². The lowest BCUT2D eigenvalue weighted by Gasteiger charge is -2.39. The van der Waals surface area contributed by atoms with Crippen molar-refractivity contribution in [3.05, 3.63) is 0 Å². The van der Waals surface area contributed by atoms with Gasteiger partial charge in [0, 0.05) is 0 Å². The Balaban J connectivity index is 2.82. The maximum atomic E-state index is 12.6. The van der Waals surface area contributed by atoms with Gasteiger partial charge >= 0.3 is 11.9 Å². The maximum Gasteiger partial charge on any atom is 0.331 e. The lowest BCUT2D eigenvalue weighted by Crippen LogP contribution is -2.61. The van der Waals surface area contributed by atoms with Crippen LogP contribution in [-0.4, -0.2) is 72.5 Å². The number of esters is 2. The summed E-state index contributed by atoms with van der Waals surface area (Å²) < 4.78 is 9.50. The van der Waals surface area contributed by atoms with Gasteiger partial charge in [0.15, 0.2) is 12.1 Å². The Bertz CT molecular complexity index is 490. The van der Waals surface area contributed by atoms with Crippen molar-refractivity contribution in [2.75, 3.05) is 26.4 Å². The summed E-state index contributed by atoms with van der Waals surface area (Å²) in [6.45, 7) is 1.97. The van der Waals surface area contributed by atoms with E-state index in [0.29, 0.717) is 6.42 Å². The van der Waals surface area contributed by atoms with Gasteiger partial charge in [0.05, 0.1) is 26.4 Å². The number of carbonyl (C=O) groups excluding carboxylic acids is 4. The second-order valence-corrected chi connectivity index (χ2v) is 5.86. The normalized spacial score (nSPS) is 17.2. The van der Waals surface area contributed by atoms with Gasteiger partial charge in [-0.15, -0.1) is 0 Å². The zero-order valence-electron chi connectivity index (χ0n) is 14.9. The van der Waals surface area contributed by atoms with Gasteiger partial charge in [0.25, 0.3) is 0 Å². The monoisotopic (exact) mass is 374 g/mol. The zero-order chi connectivity index (χ0) is 19.7. The second kappa shape index (κ2) is 10.1. The third-order valence-electron chi connectivity index (χ3n) is 4.19. The fraction of sp³-hybridized carbons (Fsp3) is 0.750. The molecule has 0 aromatic carbocycles. The van der Waals surface area contributed by atoms with E-state index in [1.807, 2.05) is 0 Å². The van der Waals surface area contributed by atoms with Crippen LogP contribution in [0.25, 0.3) is 0 Å². The first-order chi connectivity index (χ1) is 12.4. The molecule has 10 nitrogen and oxygen atoms in total. The summed E-state index contributed by atoms with van der Waals surface area (Å²) in [6, 6.07) is -2.57. The van der Waals surface area contributed by atoms with Crippen LogP contribution in [0, 0.1) is 5.41 Å². The van der Waals surface area contributed by atoms with Crippen molar-refractivity contribution in [1.82, 2.24) is 10.6 Å². The molecular formula is C16H26N2O8. The van der Waals surface area contributed by atoms with Crippen molar-refractivity contribution in [3.8, 4) is 0 Å². The Morgan fingerprint density at radius 3 is 1.50 bits per heavy atom. The number of aliphatic hydroxyl groups excluding tert-OH is 2. The van der Waals surface area contributed by atoms with Gasteiger partial charge in [-0.1, -0.05) is 6.42 Å². The topological polar surface area (TPSA) is 151 Å². The van der Waals surface area contributed by atoms with Crippen molar-refractivity contribution >= 4 is 23.8 Å². The van der Waals surface area contributed by atoms with Crippen molar-refractivity contribution in [1.29, 1.82) is 0 Å². The van der Waals surface area contributed by atoms with Crippen molar-refractivity contribution < 1.29 is 38.9 Å². The maximum absolute atomic E-state index is 12.6. The van der Waals surface area contributed by atoms with E-state index >= 15 is 0 Å². The van der Waals surface area contributed by atoms with Gasteiger partial charge < -0.3 is 30.3 Å². The minimum Gasteiger partial charge on any atom is -0.464 e. The molecule has 0 saturated heterocycles. The van der Waals surface area contributed by atoms with E-state index in [1.54, 1.807) is 13.8 Å². The highest BCUT2D eigenvalue weighted by Gasteiger charge is 2.52. The molecule has 2 amide bonds. The molecule has 26 heavy (non-hydrogen) atoms. The molecule has 0 aromatic heterocycles. The first kappa shape index (κ1) is 21.8. The Morgan fingerprint density at radius 2 is 1.27 bits per heavy atom. The molecule has 4 N–H and O–H groups in total. The second-order valence-electron chi connectivity index (χ2n) is 5.86. The van der Waals surface area contributed by atoms with E-state index in [2.05, 4.69) is 10.6 Å². The number of hydrogen-bond acceptors (Lipinski definition) is 8. The molecule has 0 spiro atoms. The van der Waals surface area contributed by atoms with E-state index in [-0.39, 0.29) is 26.1 Å². The van der Waals surface area contributed by atoms with Gasteiger partial charge in [-0.25, -0.2) is 9.59 Å². The third kappa shape index (κ3) is 4.92. The Kier molecular flexibility index (Phi) is 8.46. The molecule has 0 aliphatic heterocycles. The Labute approximate surface area is 151 Å². The van der Waals surface area contributed by atoms with Crippen LogP contribution in [0.4, 0.5) is 0 Å². The van der Waals surface area contributed by atoms with Crippen molar-refractivity contribution in [3.63, 3.8) is 0 Å². The molecule has 1 aliphatic carbocycles. The van der Waals surface area contributed by atoms with Gasteiger partial charge in [-0.2, -0.15) is 0 Å². The number of rotatable bonds is 10. The Morgan fingerprint density at radius 1 is 0.885 bits per heavy atom. The summed E-state index contributed by atoms with van der Waals surface area (Å²) in [7, 11) is 0. The van der Waals surface area contributed by atoms with E-state index < -0.39 is 54.5 Å². The number of carbonyl (C=O) groups is 4. The number of amides is 2. The predicted octanol–water partition coefficient (Wildman–Crippen LogP) is -1.76. The van der Waals surface area contributed by atoms with Gasteiger partial charge in [-0.05, 0) is 26.7 Å². The minimum absolute atomic E-state index is 0.0779. The van der Waals surface area contributed by atoms with Crippen LogP contribution in [0.5, 0.6) is 0 Å². The van der Waals surface area contributed by atoms with Crippen molar-refractivity contribution in [2.45, 2.75) is 45.2 Å². The molecule has 1 fully saturated rings. The number of nitrogens with one attached hydrogen (secondary N) is 2. The molecule has 0 unspecified atom stereocenters. The quantitative estimate of drug-likeness (QED) is 0.259. The van der Waals surface area contributed by atoms with Gasteiger partial charge in [0.1, 0.15) is 5.41 Å². The molecule has 1 rings (SSSR count). The molecule has 0 radical (unpaired) electrons. The average Bonchev–Trinajstić information content (AvgIpc) is 2.56. The van der Waals surface area contributed by atoms with E-state index in [9.17, 15) is 29.4 Å². The first-order valence-electron chi connectivity index (χ1n) is 8.53. The van der Waals surface area contributed by atoms with Gasteiger partial charge in [-0.3, -0.25) is 9.59 Å². The summed E-state index contributed by atoms with van der Waals surface area (Å²) in [6.07, 6.45) is 1.03. The fourth-order valence-electron chi connectivity index (χ4n) is 2.52. The van der Waals surface area contributed by atoms with Crippen LogP contribution in [0.1, 0.15) is 33.1 Å². The summed E-state index contributed by atoms with van der Waals surface area (Å²) in [4.78, 5) is 48.5. The summed E-state index contributed by atoms with van der Waals surface area (Å²) in [5, 5.41) is 23.2. The lowest BCUT2D eigenvalue weighted by atomic mass is 9.67. The Hall–Kier alpha value is -2.20. The van der Waals surface area contributed by atoms with Crippen LogP contribution in [0.2, 0.25) is 0 Å². The average molecular weight is 374 g/mol. The summed E-state index contributed by atoms with van der Waals surface area (Å²) in [5.74, 6) is -3.10.